The van der Waals surface area contributed by atoms with E-state index in [1.807, 2.05) is 54.6 Å². The van der Waals surface area contributed by atoms with Crippen LogP contribution in [-0.2, 0) is 46.4 Å². The number of carbonyl (C=O) groups is 2. The maximum absolute atomic E-state index is 14.0. The third kappa shape index (κ3) is 3.42. The van der Waals surface area contributed by atoms with Gasteiger partial charge in [-0.25, -0.2) is 9.59 Å². The van der Waals surface area contributed by atoms with Crippen molar-refractivity contribution in [1.82, 2.24) is 0 Å². The molecule has 5 aromatic carbocycles. The largest absolute Gasteiger partial charge is 0.456 e. The van der Waals surface area contributed by atoms with Crippen molar-refractivity contribution in [2.24, 2.45) is 0 Å². The van der Waals surface area contributed by atoms with Gasteiger partial charge >= 0.3 is 11.9 Å². The van der Waals surface area contributed by atoms with Crippen molar-refractivity contribution >= 4 is 23.3 Å². The molecule has 2 atom stereocenters. The number of ether oxygens (including phenoxy) is 4. The summed E-state index contributed by atoms with van der Waals surface area (Å²) < 4.78 is 27.9. The normalized spacial score (nSPS) is 24.1. The lowest BCUT2D eigenvalue weighted by Crippen LogP contribution is -2.40. The highest BCUT2D eigenvalue weighted by Gasteiger charge is 2.59. The van der Waals surface area contributed by atoms with Crippen LogP contribution in [0.2, 0.25) is 0 Å². The van der Waals surface area contributed by atoms with Crippen LogP contribution >= 0.6 is 0 Å². The van der Waals surface area contributed by atoms with Crippen LogP contribution in [0.25, 0.3) is 0 Å². The maximum Gasteiger partial charge on any atom is 0.340 e. The van der Waals surface area contributed by atoms with Crippen LogP contribution in [0.3, 0.4) is 0 Å². The Kier molecular flexibility index (Phi) is 5.52. The van der Waals surface area contributed by atoms with Crippen LogP contribution in [0.15, 0.2) is 72.8 Å². The van der Waals surface area contributed by atoms with Crippen LogP contribution in [0.1, 0.15) is 102 Å². The molecule has 0 saturated carbocycles. The Labute approximate surface area is 312 Å². The van der Waals surface area contributed by atoms with Crippen molar-refractivity contribution in [1.29, 1.82) is 0 Å². The minimum absolute atomic E-state index is 0.362. The Hall–Kier alpha value is -5.76. The number of fused-ring (bicyclic) bond motifs is 14. The maximum atomic E-state index is 14.0. The van der Waals surface area contributed by atoms with Gasteiger partial charge in [0.15, 0.2) is 11.2 Å². The highest BCUT2D eigenvalue weighted by Crippen LogP contribution is 2.64. The highest BCUT2D eigenvalue weighted by molar-refractivity contribution is 5.99. The highest BCUT2D eigenvalue weighted by atomic mass is 16.6. The summed E-state index contributed by atoms with van der Waals surface area (Å²) in [6, 6.07) is 24.0. The number of benzene rings is 5. The molecule has 8 nitrogen and oxygen atoms in total. The van der Waals surface area contributed by atoms with Crippen molar-refractivity contribution in [3.8, 4) is 23.0 Å². The summed E-state index contributed by atoms with van der Waals surface area (Å²) >= 11 is 0. The molecule has 2 spiro atoms. The van der Waals surface area contributed by atoms with E-state index in [2.05, 4.69) is 28.0 Å². The van der Waals surface area contributed by atoms with E-state index >= 15 is 0 Å². The van der Waals surface area contributed by atoms with E-state index in [0.717, 1.165) is 111 Å². The molecule has 13 rings (SSSR count). The predicted octanol–water partition coefficient (Wildman–Crippen LogP) is 8.22. The first-order valence-electron chi connectivity index (χ1n) is 19.6. The predicted molar refractivity (Wildman–Crippen MR) is 201 cm³/mol. The Morgan fingerprint density at radius 3 is 1.41 bits per heavy atom. The quantitative estimate of drug-likeness (QED) is 0.149. The van der Waals surface area contributed by atoms with Gasteiger partial charge in [-0.05, 0) is 92.8 Å². The first kappa shape index (κ1) is 29.7. The molecule has 0 aromatic heterocycles. The Morgan fingerprint density at radius 2 is 0.926 bits per heavy atom. The molecule has 8 heterocycles. The molecule has 266 valence electrons. The van der Waals surface area contributed by atoms with Crippen LogP contribution < -0.4 is 19.3 Å². The number of esters is 2. The summed E-state index contributed by atoms with van der Waals surface area (Å²) in [4.78, 5) is 33.1. The third-order valence-electron chi connectivity index (χ3n) is 13.5. The van der Waals surface area contributed by atoms with Gasteiger partial charge in [0, 0.05) is 88.1 Å². The monoisotopic (exact) mass is 712 g/mol. The van der Waals surface area contributed by atoms with Gasteiger partial charge in [0.25, 0.3) is 0 Å². The zero-order chi connectivity index (χ0) is 35.5. The fourth-order valence-electron chi connectivity index (χ4n) is 11.4. The number of nitrogens with zero attached hydrogens (tertiary/aromatic N) is 2. The van der Waals surface area contributed by atoms with Crippen molar-refractivity contribution in [3.63, 3.8) is 0 Å². The van der Waals surface area contributed by atoms with E-state index in [0.29, 0.717) is 33.8 Å². The lowest BCUT2D eigenvalue weighted by Gasteiger charge is -2.45. The van der Waals surface area contributed by atoms with E-state index in [9.17, 15) is 9.59 Å². The first-order valence-corrected chi connectivity index (χ1v) is 19.6. The second-order valence-electron chi connectivity index (χ2n) is 16.1. The topological polar surface area (TPSA) is 77.5 Å². The zero-order valence-corrected chi connectivity index (χ0v) is 29.8. The van der Waals surface area contributed by atoms with Gasteiger partial charge in [0.1, 0.15) is 23.0 Å². The SMILES string of the molecule is O=C1O[C@]2(c3cc4c(cc3Oc3c2cc2c5c3CCCN5CCC2)Oc2c(cc3c5c2CCCN5CCC3)[C@@]42OC(=O)c3ccccc32)c2ccccc21. The van der Waals surface area contributed by atoms with E-state index in [1.54, 1.807) is 0 Å². The van der Waals surface area contributed by atoms with E-state index in [-0.39, 0.29) is 11.9 Å². The number of hydrogen-bond acceptors (Lipinski definition) is 8. The van der Waals surface area contributed by atoms with Gasteiger partial charge in [0.05, 0.1) is 11.1 Å². The Bertz CT molecular complexity index is 2430. The van der Waals surface area contributed by atoms with Gasteiger partial charge in [-0.15, -0.1) is 0 Å². The third-order valence-corrected chi connectivity index (χ3v) is 13.5. The molecule has 0 fully saturated rings. The van der Waals surface area contributed by atoms with Crippen molar-refractivity contribution in [3.05, 3.63) is 140 Å². The van der Waals surface area contributed by atoms with Crippen LogP contribution in [0.5, 0.6) is 23.0 Å². The number of carbonyl (C=O) groups excluding carboxylic acids is 2. The van der Waals surface area contributed by atoms with Gasteiger partial charge in [-0.3, -0.25) is 0 Å². The number of anilines is 2. The Balaban J connectivity index is 1.13. The molecule has 0 unspecified atom stereocenters. The molecular weight excluding hydrogens is 677 g/mol. The molecule has 5 aromatic rings. The minimum atomic E-state index is -1.27. The van der Waals surface area contributed by atoms with Gasteiger partial charge in [-0.1, -0.05) is 36.4 Å². The van der Waals surface area contributed by atoms with Gasteiger partial charge in [-0.2, -0.15) is 0 Å². The summed E-state index contributed by atoms with van der Waals surface area (Å²) in [7, 11) is 0. The minimum Gasteiger partial charge on any atom is -0.456 e. The summed E-state index contributed by atoms with van der Waals surface area (Å²) in [5.41, 5.74) is 10.8. The van der Waals surface area contributed by atoms with Crippen LogP contribution in [0.4, 0.5) is 11.4 Å². The zero-order valence-electron chi connectivity index (χ0n) is 29.8. The molecule has 8 aliphatic rings. The van der Waals surface area contributed by atoms with Crippen molar-refractivity contribution in [2.45, 2.75) is 62.6 Å². The summed E-state index contributed by atoms with van der Waals surface area (Å²) in [5.74, 6) is 2.00. The first-order chi connectivity index (χ1) is 26.5. The molecule has 54 heavy (non-hydrogen) atoms. The summed E-state index contributed by atoms with van der Waals surface area (Å²) in [6.07, 6.45) is 7.91. The molecule has 0 bridgehead atoms. The lowest BCUT2D eigenvalue weighted by molar-refractivity contribution is 0.0206. The molecule has 0 N–H and O–H groups in total. The fraction of sp³-hybridized carbons (Fsp3) is 0.304. The van der Waals surface area contributed by atoms with Crippen LogP contribution in [0, 0.1) is 0 Å². The van der Waals surface area contributed by atoms with E-state index in [4.69, 9.17) is 18.9 Å². The summed E-state index contributed by atoms with van der Waals surface area (Å²) in [5, 5.41) is 0. The molecule has 8 aliphatic heterocycles. The van der Waals surface area contributed by atoms with Gasteiger partial charge in [0.2, 0.25) is 0 Å². The molecule has 0 saturated heterocycles. The second-order valence-corrected chi connectivity index (χ2v) is 16.1. The standard InChI is InChI=1S/C46H36N2O6/c49-43-27-11-1-3-15-31(27)45(53-43)33-23-34-38(24-37(33)51-41-29-13-7-19-47-17-5-9-25(39(29)47)21-35(41)45)52-42-30-14-8-20-48-18-6-10-26(40(30)48)22-36(42)46(34)32-16-4-2-12-28(32)44(50)54-46/h1-4,11-12,15-16,21-24H,5-10,13-14,17-20H2/t45-,46-/m0/s1. The lowest BCUT2D eigenvalue weighted by atomic mass is 9.71. The fourth-order valence-corrected chi connectivity index (χ4v) is 11.4. The average molecular weight is 713 g/mol. The average Bonchev–Trinajstić information content (AvgIpc) is 3.67. The Morgan fingerprint density at radius 1 is 0.481 bits per heavy atom. The molecule has 0 aliphatic carbocycles. The summed E-state index contributed by atoms with van der Waals surface area (Å²) in [6.45, 7) is 4.13. The second kappa shape index (κ2) is 10.1. The number of rotatable bonds is 0. The number of hydrogen-bond donors (Lipinski definition) is 0. The number of aryl methyl sites for hydroxylation is 2. The molecular formula is C46H36N2O6. The van der Waals surface area contributed by atoms with Crippen molar-refractivity contribution < 1.29 is 28.5 Å². The molecule has 8 heteroatoms. The van der Waals surface area contributed by atoms with Gasteiger partial charge < -0.3 is 28.7 Å². The van der Waals surface area contributed by atoms with E-state index in [1.165, 1.54) is 33.6 Å². The molecule has 0 amide bonds. The molecule has 0 radical (unpaired) electrons. The van der Waals surface area contributed by atoms with Crippen molar-refractivity contribution in [2.75, 3.05) is 36.0 Å². The smallest absolute Gasteiger partial charge is 0.340 e. The van der Waals surface area contributed by atoms with Crippen LogP contribution in [-0.4, -0.2) is 38.1 Å². The van der Waals surface area contributed by atoms with E-state index < -0.39 is 11.2 Å².